The molecule has 5 nitrogen and oxygen atoms in total. The van der Waals surface area contributed by atoms with Crippen LogP contribution < -0.4 is 5.56 Å². The second-order valence-electron chi connectivity index (χ2n) is 6.49. The Hall–Kier alpha value is -2.78. The van der Waals surface area contributed by atoms with Crippen LogP contribution in [0.1, 0.15) is 11.1 Å². The number of hydrogen-bond donors (Lipinski definition) is 0. The van der Waals surface area contributed by atoms with Crippen LogP contribution in [0, 0.1) is 0 Å². The van der Waals surface area contributed by atoms with Gasteiger partial charge in [0.25, 0.3) is 5.56 Å². The van der Waals surface area contributed by atoms with Crippen molar-refractivity contribution in [3.63, 3.8) is 0 Å². The average molecular weight is 451 g/mol. The Morgan fingerprint density at radius 3 is 2.67 bits per heavy atom. The van der Waals surface area contributed by atoms with E-state index in [4.69, 9.17) is 11.6 Å². The summed E-state index contributed by atoms with van der Waals surface area (Å²) >= 11 is 7.75. The topological polar surface area (TPSA) is 52.7 Å². The van der Waals surface area contributed by atoms with E-state index in [1.54, 1.807) is 6.07 Å². The van der Waals surface area contributed by atoms with Gasteiger partial charge in [0.2, 0.25) is 0 Å². The maximum Gasteiger partial charge on any atom is 0.416 e. The SMILES string of the molecule is CSc1ccc(Cn2cnc3c(cnn3-c3cccc(C(F)(F)F)c3)c2=O)cc1Cl. The van der Waals surface area contributed by atoms with Gasteiger partial charge in [-0.15, -0.1) is 11.8 Å². The highest BCUT2D eigenvalue weighted by Gasteiger charge is 2.30. The van der Waals surface area contributed by atoms with Crippen LogP contribution in [0.2, 0.25) is 5.02 Å². The Kier molecular flexibility index (Phi) is 5.33. The predicted octanol–water partition coefficient (Wildman–Crippen LogP) is 5.02. The van der Waals surface area contributed by atoms with Crippen molar-refractivity contribution < 1.29 is 13.2 Å². The van der Waals surface area contributed by atoms with E-state index in [2.05, 4.69) is 10.1 Å². The second-order valence-corrected chi connectivity index (χ2v) is 7.74. The molecule has 30 heavy (non-hydrogen) atoms. The van der Waals surface area contributed by atoms with Crippen molar-refractivity contribution in [1.29, 1.82) is 0 Å². The summed E-state index contributed by atoms with van der Waals surface area (Å²) in [5, 5.41) is 4.89. The molecule has 2 aromatic carbocycles. The second kappa shape index (κ2) is 7.81. The molecule has 4 aromatic rings. The van der Waals surface area contributed by atoms with Crippen molar-refractivity contribution in [3.8, 4) is 5.69 Å². The number of alkyl halides is 3. The van der Waals surface area contributed by atoms with E-state index in [1.807, 2.05) is 18.4 Å². The minimum Gasteiger partial charge on any atom is -0.294 e. The molecule has 0 saturated heterocycles. The summed E-state index contributed by atoms with van der Waals surface area (Å²) in [6.45, 7) is 0.255. The van der Waals surface area contributed by atoms with Gasteiger partial charge in [-0.05, 0) is 42.2 Å². The van der Waals surface area contributed by atoms with Gasteiger partial charge in [-0.3, -0.25) is 9.36 Å². The van der Waals surface area contributed by atoms with E-state index in [0.717, 1.165) is 22.6 Å². The van der Waals surface area contributed by atoms with Gasteiger partial charge in [-0.1, -0.05) is 23.7 Å². The number of hydrogen-bond acceptors (Lipinski definition) is 4. The minimum absolute atomic E-state index is 0.170. The molecule has 0 spiro atoms. The highest BCUT2D eigenvalue weighted by molar-refractivity contribution is 7.98. The van der Waals surface area contributed by atoms with Crippen LogP contribution in [-0.4, -0.2) is 25.6 Å². The van der Waals surface area contributed by atoms with E-state index >= 15 is 0 Å². The smallest absolute Gasteiger partial charge is 0.294 e. The third-order valence-corrected chi connectivity index (χ3v) is 5.76. The van der Waals surface area contributed by atoms with Gasteiger partial charge in [0.15, 0.2) is 5.65 Å². The van der Waals surface area contributed by atoms with E-state index in [-0.39, 0.29) is 28.8 Å². The number of halogens is 4. The van der Waals surface area contributed by atoms with Gasteiger partial charge in [0.05, 0.1) is 29.0 Å². The molecule has 0 fully saturated rings. The molecule has 10 heteroatoms. The summed E-state index contributed by atoms with van der Waals surface area (Å²) in [4.78, 5) is 18.1. The zero-order valence-electron chi connectivity index (χ0n) is 15.5. The first-order chi connectivity index (χ1) is 14.3. The largest absolute Gasteiger partial charge is 0.416 e. The van der Waals surface area contributed by atoms with E-state index in [0.29, 0.717) is 5.02 Å². The molecule has 0 aliphatic rings. The van der Waals surface area contributed by atoms with Gasteiger partial charge in [0.1, 0.15) is 11.7 Å². The number of nitrogens with zero attached hydrogens (tertiary/aromatic N) is 4. The zero-order chi connectivity index (χ0) is 21.5. The van der Waals surface area contributed by atoms with Gasteiger partial charge in [-0.2, -0.15) is 18.3 Å². The Balaban J connectivity index is 1.72. The molecule has 0 radical (unpaired) electrons. The molecule has 0 saturated carbocycles. The molecule has 154 valence electrons. The lowest BCUT2D eigenvalue weighted by Crippen LogP contribution is -2.21. The summed E-state index contributed by atoms with van der Waals surface area (Å²) in [5.74, 6) is 0. The molecule has 0 N–H and O–H groups in total. The van der Waals surface area contributed by atoms with Gasteiger partial charge in [-0.25, -0.2) is 9.67 Å². The highest BCUT2D eigenvalue weighted by atomic mass is 35.5. The molecule has 0 amide bonds. The first-order valence-corrected chi connectivity index (χ1v) is 10.3. The molecular formula is C20H14ClF3N4OS. The van der Waals surface area contributed by atoms with Crippen molar-refractivity contribution in [1.82, 2.24) is 19.3 Å². The number of rotatable bonds is 4. The number of aromatic nitrogens is 4. The van der Waals surface area contributed by atoms with E-state index < -0.39 is 11.7 Å². The molecule has 0 aliphatic heterocycles. The van der Waals surface area contributed by atoms with Crippen LogP contribution in [0.3, 0.4) is 0 Å². The summed E-state index contributed by atoms with van der Waals surface area (Å²) in [6.07, 6.45) is 0.107. The molecule has 2 aromatic heterocycles. The zero-order valence-corrected chi connectivity index (χ0v) is 17.1. The lowest BCUT2D eigenvalue weighted by atomic mass is 10.2. The first kappa shape index (κ1) is 20.5. The monoisotopic (exact) mass is 450 g/mol. The Labute approximate surface area is 178 Å². The summed E-state index contributed by atoms with van der Waals surface area (Å²) < 4.78 is 41.7. The lowest BCUT2D eigenvalue weighted by molar-refractivity contribution is -0.137. The van der Waals surface area contributed by atoms with Crippen LogP contribution in [0.5, 0.6) is 0 Å². The minimum atomic E-state index is -4.48. The lowest BCUT2D eigenvalue weighted by Gasteiger charge is -2.10. The third-order valence-electron chi connectivity index (χ3n) is 4.54. The molecule has 0 bridgehead atoms. The standard InChI is InChI=1S/C20H14ClF3N4OS/c1-30-17-6-5-12(7-16(17)21)10-27-11-25-18-15(19(27)29)9-26-28(18)14-4-2-3-13(8-14)20(22,23)24/h2-9,11H,10H2,1H3. The Morgan fingerprint density at radius 2 is 1.97 bits per heavy atom. The fourth-order valence-electron chi connectivity index (χ4n) is 3.07. The normalized spacial score (nSPS) is 11.9. The van der Waals surface area contributed by atoms with Crippen molar-refractivity contribution in [2.75, 3.05) is 6.26 Å². The van der Waals surface area contributed by atoms with Crippen molar-refractivity contribution in [2.45, 2.75) is 17.6 Å². The fraction of sp³-hybridized carbons (Fsp3) is 0.150. The van der Waals surface area contributed by atoms with Crippen LogP contribution in [0.4, 0.5) is 13.2 Å². The van der Waals surface area contributed by atoms with E-state index in [1.165, 1.54) is 45.7 Å². The van der Waals surface area contributed by atoms with Crippen LogP contribution in [-0.2, 0) is 12.7 Å². The molecular weight excluding hydrogens is 437 g/mol. The summed E-state index contributed by atoms with van der Waals surface area (Å²) in [5.41, 5.74) is 0.0346. The third kappa shape index (κ3) is 3.82. The molecule has 0 aliphatic carbocycles. The maximum atomic E-state index is 13.0. The molecule has 0 unspecified atom stereocenters. The average Bonchev–Trinajstić information content (AvgIpc) is 3.15. The highest BCUT2D eigenvalue weighted by Crippen LogP contribution is 2.30. The van der Waals surface area contributed by atoms with Crippen LogP contribution in [0.25, 0.3) is 16.7 Å². The van der Waals surface area contributed by atoms with Crippen molar-refractivity contribution >= 4 is 34.4 Å². The molecule has 2 heterocycles. The summed E-state index contributed by atoms with van der Waals surface area (Å²) in [6, 6.07) is 10.2. The van der Waals surface area contributed by atoms with Gasteiger partial charge < -0.3 is 0 Å². The van der Waals surface area contributed by atoms with E-state index in [9.17, 15) is 18.0 Å². The van der Waals surface area contributed by atoms with Crippen molar-refractivity contribution in [2.24, 2.45) is 0 Å². The quantitative estimate of drug-likeness (QED) is 0.409. The van der Waals surface area contributed by atoms with Crippen LogP contribution >= 0.6 is 23.4 Å². The van der Waals surface area contributed by atoms with Gasteiger partial charge in [0, 0.05) is 4.90 Å². The fourth-order valence-corrected chi connectivity index (χ4v) is 3.96. The van der Waals surface area contributed by atoms with Crippen LogP contribution in [0.15, 0.2) is 64.7 Å². The molecule has 0 atom stereocenters. The number of fused-ring (bicyclic) bond motifs is 1. The Bertz CT molecular complexity index is 1300. The molecule has 4 rings (SSSR count). The summed E-state index contributed by atoms with van der Waals surface area (Å²) in [7, 11) is 0. The van der Waals surface area contributed by atoms with Gasteiger partial charge >= 0.3 is 6.18 Å². The Morgan fingerprint density at radius 1 is 1.17 bits per heavy atom. The predicted molar refractivity (Wildman–Crippen MR) is 110 cm³/mol. The first-order valence-electron chi connectivity index (χ1n) is 8.71. The van der Waals surface area contributed by atoms with Crippen molar-refractivity contribution in [3.05, 3.63) is 81.5 Å². The number of thioether (sulfide) groups is 1. The maximum absolute atomic E-state index is 13.0. The number of benzene rings is 2.